The lowest BCUT2D eigenvalue weighted by molar-refractivity contribution is -0.130. The monoisotopic (exact) mass is 318 g/mol. The van der Waals surface area contributed by atoms with Crippen LogP contribution in [0.1, 0.15) is 21.5 Å². The number of methoxy groups -OCH3 is 1. The van der Waals surface area contributed by atoms with Crippen molar-refractivity contribution in [2.45, 2.75) is 5.37 Å². The zero-order valence-electron chi connectivity index (χ0n) is 11.8. The van der Waals surface area contributed by atoms with Crippen LogP contribution in [0.3, 0.4) is 0 Å². The third-order valence-electron chi connectivity index (χ3n) is 3.23. The molecule has 1 aliphatic rings. The van der Waals surface area contributed by atoms with Crippen LogP contribution in [0.15, 0.2) is 47.1 Å². The second-order valence-corrected chi connectivity index (χ2v) is 5.68. The lowest BCUT2D eigenvalue weighted by atomic mass is 10.2. The van der Waals surface area contributed by atoms with Gasteiger partial charge in [0, 0.05) is 5.56 Å². The number of benzene rings is 1. The van der Waals surface area contributed by atoms with Gasteiger partial charge in [-0.05, 0) is 36.4 Å². The topological polar surface area (TPSA) is 71.8 Å². The van der Waals surface area contributed by atoms with E-state index in [9.17, 15) is 9.59 Å². The molecule has 0 bridgehead atoms. The molecule has 2 aromatic rings. The van der Waals surface area contributed by atoms with Crippen molar-refractivity contribution in [2.75, 3.05) is 12.9 Å². The number of amides is 2. The average molecular weight is 318 g/mol. The molecule has 1 fully saturated rings. The number of ether oxygens (including phenoxy) is 1. The summed E-state index contributed by atoms with van der Waals surface area (Å²) in [5, 5.41) is 0.973. The SMILES string of the molecule is COc1ccc(C(=O)NN2C(=O)CSC2c2ccco2)cc1. The van der Waals surface area contributed by atoms with Crippen molar-refractivity contribution in [2.24, 2.45) is 0 Å². The molecule has 1 aliphatic heterocycles. The zero-order valence-corrected chi connectivity index (χ0v) is 12.6. The first-order valence-electron chi connectivity index (χ1n) is 6.61. The highest BCUT2D eigenvalue weighted by atomic mass is 32.2. The minimum Gasteiger partial charge on any atom is -0.497 e. The predicted molar refractivity (Wildman–Crippen MR) is 81.2 cm³/mol. The summed E-state index contributed by atoms with van der Waals surface area (Å²) < 4.78 is 10.4. The molecule has 1 N–H and O–H groups in total. The number of nitrogens with zero attached hydrogens (tertiary/aromatic N) is 1. The summed E-state index contributed by atoms with van der Waals surface area (Å²) in [5.74, 6) is 1.08. The van der Waals surface area contributed by atoms with Crippen LogP contribution in [-0.4, -0.2) is 29.7 Å². The number of hydrogen-bond donors (Lipinski definition) is 1. The number of thioether (sulfide) groups is 1. The Morgan fingerprint density at radius 3 is 2.77 bits per heavy atom. The Labute approximate surface area is 131 Å². The third kappa shape index (κ3) is 2.80. The van der Waals surface area contributed by atoms with Crippen molar-refractivity contribution in [3.8, 4) is 5.75 Å². The fourth-order valence-electron chi connectivity index (χ4n) is 2.10. The van der Waals surface area contributed by atoms with Gasteiger partial charge >= 0.3 is 0 Å². The fourth-order valence-corrected chi connectivity index (χ4v) is 3.16. The molecule has 0 aliphatic carbocycles. The van der Waals surface area contributed by atoms with Crippen LogP contribution in [0.25, 0.3) is 0 Å². The maximum atomic E-state index is 12.3. The van der Waals surface area contributed by atoms with E-state index in [-0.39, 0.29) is 17.2 Å². The number of rotatable bonds is 4. The summed E-state index contributed by atoms with van der Waals surface area (Å²) in [4.78, 5) is 24.3. The highest BCUT2D eigenvalue weighted by Crippen LogP contribution is 2.37. The highest BCUT2D eigenvalue weighted by molar-refractivity contribution is 8.00. The Morgan fingerprint density at radius 2 is 2.14 bits per heavy atom. The second kappa shape index (κ2) is 6.15. The van der Waals surface area contributed by atoms with Crippen molar-refractivity contribution < 1.29 is 18.7 Å². The van der Waals surface area contributed by atoms with Crippen LogP contribution in [0.5, 0.6) is 5.75 Å². The maximum Gasteiger partial charge on any atom is 0.269 e. The first-order chi connectivity index (χ1) is 10.7. The molecule has 6 nitrogen and oxygen atoms in total. The van der Waals surface area contributed by atoms with Gasteiger partial charge in [0.25, 0.3) is 11.8 Å². The summed E-state index contributed by atoms with van der Waals surface area (Å²) in [5.41, 5.74) is 3.09. The summed E-state index contributed by atoms with van der Waals surface area (Å²) in [6, 6.07) is 10.2. The first-order valence-corrected chi connectivity index (χ1v) is 7.66. The Hall–Kier alpha value is -2.41. The van der Waals surface area contributed by atoms with Gasteiger partial charge in [0.2, 0.25) is 0 Å². The highest BCUT2D eigenvalue weighted by Gasteiger charge is 2.36. The van der Waals surface area contributed by atoms with E-state index < -0.39 is 0 Å². The minimum absolute atomic E-state index is 0.159. The molecule has 1 unspecified atom stereocenters. The normalized spacial score (nSPS) is 17.6. The lowest BCUT2D eigenvalue weighted by Crippen LogP contribution is -2.44. The van der Waals surface area contributed by atoms with Crippen LogP contribution in [-0.2, 0) is 4.79 Å². The minimum atomic E-state index is -0.352. The first kappa shape index (κ1) is 14.5. The van der Waals surface area contributed by atoms with Gasteiger partial charge in [-0.25, -0.2) is 5.01 Å². The number of hydrazine groups is 1. The molecule has 7 heteroatoms. The van der Waals surface area contributed by atoms with E-state index >= 15 is 0 Å². The van der Waals surface area contributed by atoms with E-state index in [1.807, 2.05) is 0 Å². The molecule has 0 spiro atoms. The molecule has 0 radical (unpaired) electrons. The molecule has 1 aromatic heterocycles. The van der Waals surface area contributed by atoms with E-state index in [0.29, 0.717) is 22.8 Å². The molecule has 1 saturated heterocycles. The Balaban J connectivity index is 1.75. The van der Waals surface area contributed by atoms with Crippen molar-refractivity contribution in [1.29, 1.82) is 0 Å². The van der Waals surface area contributed by atoms with E-state index in [1.54, 1.807) is 49.8 Å². The molecule has 1 aromatic carbocycles. The number of nitrogens with one attached hydrogen (secondary N) is 1. The van der Waals surface area contributed by atoms with Gasteiger partial charge in [0.15, 0.2) is 5.37 Å². The molecule has 2 heterocycles. The molecular weight excluding hydrogens is 304 g/mol. The average Bonchev–Trinajstić information content (AvgIpc) is 3.18. The van der Waals surface area contributed by atoms with Gasteiger partial charge in [-0.2, -0.15) is 0 Å². The van der Waals surface area contributed by atoms with Crippen molar-refractivity contribution in [3.05, 3.63) is 54.0 Å². The second-order valence-electron chi connectivity index (χ2n) is 4.61. The van der Waals surface area contributed by atoms with E-state index in [0.717, 1.165) is 0 Å². The largest absolute Gasteiger partial charge is 0.497 e. The van der Waals surface area contributed by atoms with Crippen molar-refractivity contribution >= 4 is 23.6 Å². The van der Waals surface area contributed by atoms with E-state index in [4.69, 9.17) is 9.15 Å². The van der Waals surface area contributed by atoms with Crippen molar-refractivity contribution in [3.63, 3.8) is 0 Å². The summed E-state index contributed by atoms with van der Waals surface area (Å²) >= 11 is 1.41. The van der Waals surface area contributed by atoms with Crippen LogP contribution < -0.4 is 10.2 Å². The smallest absolute Gasteiger partial charge is 0.269 e. The van der Waals surface area contributed by atoms with Gasteiger partial charge in [-0.15, -0.1) is 11.8 Å². The molecular formula is C15H14N2O4S. The predicted octanol–water partition coefficient (Wildman–Crippen LogP) is 2.21. The number of hydrogen-bond acceptors (Lipinski definition) is 5. The quantitative estimate of drug-likeness (QED) is 0.936. The van der Waals surface area contributed by atoms with Gasteiger partial charge in [0.1, 0.15) is 11.5 Å². The van der Waals surface area contributed by atoms with Crippen LogP contribution in [0.2, 0.25) is 0 Å². The van der Waals surface area contributed by atoms with Gasteiger partial charge in [-0.3, -0.25) is 15.0 Å². The van der Waals surface area contributed by atoms with Gasteiger partial charge in [-0.1, -0.05) is 0 Å². The molecule has 0 saturated carbocycles. The van der Waals surface area contributed by atoms with E-state index in [1.165, 1.54) is 16.8 Å². The molecule has 114 valence electrons. The van der Waals surface area contributed by atoms with Crippen LogP contribution in [0, 0.1) is 0 Å². The number of furan rings is 1. The number of carbonyl (C=O) groups is 2. The summed E-state index contributed by atoms with van der Waals surface area (Å²) in [6.07, 6.45) is 1.54. The fraction of sp³-hybridized carbons (Fsp3) is 0.200. The Morgan fingerprint density at radius 1 is 1.36 bits per heavy atom. The van der Waals surface area contributed by atoms with Crippen molar-refractivity contribution in [1.82, 2.24) is 10.4 Å². The molecule has 22 heavy (non-hydrogen) atoms. The lowest BCUT2D eigenvalue weighted by Gasteiger charge is -2.22. The third-order valence-corrected chi connectivity index (χ3v) is 4.40. The zero-order chi connectivity index (χ0) is 15.5. The van der Waals surface area contributed by atoms with E-state index in [2.05, 4.69) is 5.43 Å². The summed E-state index contributed by atoms with van der Waals surface area (Å²) in [6.45, 7) is 0. The molecule has 1 atom stereocenters. The Bertz CT molecular complexity index is 669. The van der Waals surface area contributed by atoms with Crippen LogP contribution >= 0.6 is 11.8 Å². The summed E-state index contributed by atoms with van der Waals surface area (Å²) in [7, 11) is 1.56. The molecule has 3 rings (SSSR count). The maximum absolute atomic E-state index is 12.3. The standard InChI is InChI=1S/C15H14N2O4S/c1-20-11-6-4-10(5-7-11)14(19)16-17-13(18)9-22-15(17)12-3-2-8-21-12/h2-8,15H,9H2,1H3,(H,16,19). The Kier molecular flexibility index (Phi) is 4.06. The van der Waals surface area contributed by atoms with Gasteiger partial charge < -0.3 is 9.15 Å². The van der Waals surface area contributed by atoms with Crippen LogP contribution in [0.4, 0.5) is 0 Å². The van der Waals surface area contributed by atoms with Gasteiger partial charge in [0.05, 0.1) is 19.1 Å². The number of carbonyl (C=O) groups excluding carboxylic acids is 2. The molecule has 2 amide bonds.